The number of rotatable bonds is 4. The van der Waals surface area contributed by atoms with Gasteiger partial charge in [-0.25, -0.2) is 9.37 Å². The lowest BCUT2D eigenvalue weighted by molar-refractivity contribution is 0.102. The molecule has 0 amide bonds. The highest BCUT2D eigenvalue weighted by Gasteiger charge is 2.16. The van der Waals surface area contributed by atoms with Crippen molar-refractivity contribution in [3.63, 3.8) is 0 Å². The van der Waals surface area contributed by atoms with Crippen LogP contribution in [-0.4, -0.2) is 29.7 Å². The minimum absolute atomic E-state index is 0.101. The van der Waals surface area contributed by atoms with Gasteiger partial charge in [0.1, 0.15) is 30.1 Å². The Morgan fingerprint density at radius 2 is 1.85 bits per heavy atom. The molecule has 1 aliphatic heterocycles. The van der Waals surface area contributed by atoms with Crippen molar-refractivity contribution in [1.29, 1.82) is 5.26 Å². The van der Waals surface area contributed by atoms with Crippen LogP contribution >= 0.6 is 11.8 Å². The fourth-order valence-electron chi connectivity index (χ4n) is 2.74. The van der Waals surface area contributed by atoms with Gasteiger partial charge in [-0.05, 0) is 36.4 Å². The molecular weight excluding hydrogens is 367 g/mol. The van der Waals surface area contributed by atoms with Crippen LogP contribution in [0.25, 0.3) is 10.9 Å². The molecular formula is C20H13FN2O3S. The van der Waals surface area contributed by atoms with Crippen LogP contribution in [0.5, 0.6) is 11.5 Å². The van der Waals surface area contributed by atoms with Gasteiger partial charge in [-0.2, -0.15) is 5.26 Å². The zero-order chi connectivity index (χ0) is 18.8. The Labute approximate surface area is 158 Å². The van der Waals surface area contributed by atoms with Gasteiger partial charge in [-0.15, -0.1) is 0 Å². The van der Waals surface area contributed by atoms with Crippen molar-refractivity contribution in [3.8, 4) is 17.6 Å². The standard InChI is InChI=1S/C20H13FN2O3S/c21-15-3-1-12(2-4-15)17(24)11-27-20-14(10-22)7-13-8-18-19(9-16(13)23-20)26-6-5-25-18/h1-4,7-9H,5-6,11H2. The van der Waals surface area contributed by atoms with Crippen LogP contribution in [0.4, 0.5) is 4.39 Å². The number of Topliss-reactive ketones (excluding diaryl/α,β-unsaturated/α-hetero) is 1. The second kappa shape index (κ2) is 7.25. The number of carbonyl (C=O) groups excluding carboxylic acids is 1. The van der Waals surface area contributed by atoms with E-state index in [2.05, 4.69) is 11.1 Å². The summed E-state index contributed by atoms with van der Waals surface area (Å²) in [5.74, 6) is 0.795. The average Bonchev–Trinajstić information content (AvgIpc) is 2.70. The predicted octanol–water partition coefficient (Wildman–Crippen LogP) is 3.99. The average molecular weight is 380 g/mol. The number of fused-ring (bicyclic) bond motifs is 2. The van der Waals surface area contributed by atoms with E-state index in [1.165, 1.54) is 36.0 Å². The largest absolute Gasteiger partial charge is 0.486 e. The molecule has 0 radical (unpaired) electrons. The van der Waals surface area contributed by atoms with Gasteiger partial charge in [0, 0.05) is 17.0 Å². The van der Waals surface area contributed by atoms with Crippen LogP contribution in [0.3, 0.4) is 0 Å². The fraction of sp³-hybridized carbons (Fsp3) is 0.150. The molecule has 0 bridgehead atoms. The van der Waals surface area contributed by atoms with Crippen molar-refractivity contribution >= 4 is 28.4 Å². The Hall–Kier alpha value is -3.11. The van der Waals surface area contributed by atoms with Crippen molar-refractivity contribution in [3.05, 3.63) is 59.4 Å². The molecule has 0 aliphatic carbocycles. The van der Waals surface area contributed by atoms with E-state index < -0.39 is 5.82 Å². The molecule has 2 heterocycles. The summed E-state index contributed by atoms with van der Waals surface area (Å²) in [4.78, 5) is 16.8. The minimum Gasteiger partial charge on any atom is -0.486 e. The topological polar surface area (TPSA) is 72.2 Å². The molecule has 0 saturated heterocycles. The number of halogens is 1. The Balaban J connectivity index is 1.61. The van der Waals surface area contributed by atoms with E-state index in [1.54, 1.807) is 18.2 Å². The van der Waals surface area contributed by atoms with E-state index in [4.69, 9.17) is 9.47 Å². The Bertz CT molecular complexity index is 1080. The maximum atomic E-state index is 13.0. The van der Waals surface area contributed by atoms with E-state index in [0.29, 0.717) is 46.4 Å². The van der Waals surface area contributed by atoms with Crippen LogP contribution in [0.1, 0.15) is 15.9 Å². The van der Waals surface area contributed by atoms with Crippen molar-refractivity contribution in [2.75, 3.05) is 19.0 Å². The molecule has 0 spiro atoms. The number of nitrogens with zero attached hydrogens (tertiary/aromatic N) is 2. The van der Waals surface area contributed by atoms with Crippen LogP contribution in [0, 0.1) is 17.1 Å². The minimum atomic E-state index is -0.392. The summed E-state index contributed by atoms with van der Waals surface area (Å²) < 4.78 is 24.1. The van der Waals surface area contributed by atoms with Gasteiger partial charge in [0.25, 0.3) is 0 Å². The third-order valence-corrected chi connectivity index (χ3v) is 5.06. The molecule has 7 heteroatoms. The van der Waals surface area contributed by atoms with E-state index in [9.17, 15) is 14.4 Å². The number of thioether (sulfide) groups is 1. The molecule has 0 N–H and O–H groups in total. The van der Waals surface area contributed by atoms with Crippen molar-refractivity contribution in [1.82, 2.24) is 4.98 Å². The molecule has 3 aromatic rings. The molecule has 1 aliphatic rings. The number of ketones is 1. The summed E-state index contributed by atoms with van der Waals surface area (Å²) in [7, 11) is 0. The third-order valence-electron chi connectivity index (χ3n) is 4.07. The highest BCUT2D eigenvalue weighted by molar-refractivity contribution is 8.00. The molecule has 5 nitrogen and oxygen atoms in total. The number of pyridine rings is 1. The first kappa shape index (κ1) is 17.3. The molecule has 2 aromatic carbocycles. The van der Waals surface area contributed by atoms with Crippen molar-refractivity contribution in [2.24, 2.45) is 0 Å². The molecule has 134 valence electrons. The first-order valence-electron chi connectivity index (χ1n) is 8.20. The highest BCUT2D eigenvalue weighted by atomic mass is 32.2. The monoisotopic (exact) mass is 380 g/mol. The van der Waals surface area contributed by atoms with E-state index in [1.807, 2.05) is 0 Å². The van der Waals surface area contributed by atoms with Gasteiger partial charge < -0.3 is 9.47 Å². The van der Waals surface area contributed by atoms with E-state index in [-0.39, 0.29) is 11.5 Å². The lowest BCUT2D eigenvalue weighted by atomic mass is 10.1. The Morgan fingerprint density at radius 1 is 1.15 bits per heavy atom. The van der Waals surface area contributed by atoms with Crippen LogP contribution in [0.15, 0.2) is 47.5 Å². The summed E-state index contributed by atoms with van der Waals surface area (Å²) in [6.45, 7) is 0.957. The van der Waals surface area contributed by atoms with Gasteiger partial charge in [0.2, 0.25) is 0 Å². The van der Waals surface area contributed by atoms with Gasteiger partial charge in [-0.3, -0.25) is 4.79 Å². The van der Waals surface area contributed by atoms with Gasteiger partial charge in [0.05, 0.1) is 16.8 Å². The number of nitriles is 1. The molecule has 4 rings (SSSR count). The Kier molecular flexibility index (Phi) is 4.65. The summed E-state index contributed by atoms with van der Waals surface area (Å²) in [6.07, 6.45) is 0. The second-order valence-electron chi connectivity index (χ2n) is 5.86. The lowest BCUT2D eigenvalue weighted by Crippen LogP contribution is -2.15. The van der Waals surface area contributed by atoms with Crippen LogP contribution < -0.4 is 9.47 Å². The second-order valence-corrected chi connectivity index (χ2v) is 6.82. The van der Waals surface area contributed by atoms with Gasteiger partial charge >= 0.3 is 0 Å². The summed E-state index contributed by atoms with van der Waals surface area (Å²) in [6, 6.07) is 12.8. The van der Waals surface area contributed by atoms with Gasteiger partial charge in [0.15, 0.2) is 17.3 Å². The molecule has 1 aromatic heterocycles. The first-order chi connectivity index (χ1) is 13.1. The maximum Gasteiger partial charge on any atom is 0.173 e. The van der Waals surface area contributed by atoms with E-state index >= 15 is 0 Å². The summed E-state index contributed by atoms with van der Waals surface area (Å²) in [5, 5.41) is 10.7. The number of ether oxygens (including phenoxy) is 2. The van der Waals surface area contributed by atoms with Crippen molar-refractivity contribution < 1.29 is 18.7 Å². The zero-order valence-electron chi connectivity index (χ0n) is 14.1. The molecule has 0 unspecified atom stereocenters. The lowest BCUT2D eigenvalue weighted by Gasteiger charge is -2.18. The number of benzene rings is 2. The molecule has 0 saturated carbocycles. The first-order valence-corrected chi connectivity index (χ1v) is 9.18. The quantitative estimate of drug-likeness (QED) is 0.503. The molecule has 27 heavy (non-hydrogen) atoms. The number of hydrogen-bond donors (Lipinski definition) is 0. The van der Waals surface area contributed by atoms with E-state index in [0.717, 1.165) is 5.39 Å². The highest BCUT2D eigenvalue weighted by Crippen LogP contribution is 2.35. The van der Waals surface area contributed by atoms with Crippen LogP contribution in [-0.2, 0) is 0 Å². The summed E-state index contributed by atoms with van der Waals surface area (Å²) in [5.41, 5.74) is 1.47. The molecule has 0 atom stereocenters. The number of carbonyl (C=O) groups is 1. The number of hydrogen-bond acceptors (Lipinski definition) is 6. The Morgan fingerprint density at radius 3 is 2.56 bits per heavy atom. The maximum absolute atomic E-state index is 13.0. The predicted molar refractivity (Wildman–Crippen MR) is 98.9 cm³/mol. The molecule has 0 fully saturated rings. The summed E-state index contributed by atoms with van der Waals surface area (Å²) >= 11 is 1.18. The third kappa shape index (κ3) is 3.57. The van der Waals surface area contributed by atoms with Gasteiger partial charge in [-0.1, -0.05) is 11.8 Å². The smallest absolute Gasteiger partial charge is 0.173 e. The number of aromatic nitrogens is 1. The van der Waals surface area contributed by atoms with Crippen molar-refractivity contribution in [2.45, 2.75) is 5.03 Å². The van der Waals surface area contributed by atoms with Crippen LogP contribution in [0.2, 0.25) is 0 Å². The zero-order valence-corrected chi connectivity index (χ0v) is 14.9. The SMILES string of the molecule is N#Cc1cc2cc3c(cc2nc1SCC(=O)c1ccc(F)cc1)OCCO3. The fourth-order valence-corrected chi connectivity index (χ4v) is 3.59. The normalized spacial score (nSPS) is 12.6.